The van der Waals surface area contributed by atoms with E-state index in [4.69, 9.17) is 0 Å². The summed E-state index contributed by atoms with van der Waals surface area (Å²) in [6, 6.07) is 6.42. The Morgan fingerprint density at radius 2 is 1.95 bits per heavy atom. The van der Waals surface area contributed by atoms with Crippen molar-refractivity contribution in [3.63, 3.8) is 0 Å². The van der Waals surface area contributed by atoms with Crippen molar-refractivity contribution in [2.45, 2.75) is 12.1 Å². The number of carbonyl (C=O) groups is 2. The molecule has 0 heterocycles. The fourth-order valence-corrected chi connectivity index (χ4v) is 1.48. The Labute approximate surface area is 133 Å². The molecule has 0 aromatic heterocycles. The predicted octanol–water partition coefficient (Wildman–Crippen LogP) is -3.20. The standard InChI is InChI=1S/C13H15NO4.Na/c1-3-10(13(17)18-2)14-11(12(15)16)9-7-5-4-6-8-9;/h3-8,10-11,14H,1H2,2H3,(H,15,16);/q;+1/p-1. The summed E-state index contributed by atoms with van der Waals surface area (Å²) in [6.07, 6.45) is 1.28. The first-order valence-electron chi connectivity index (χ1n) is 5.32. The summed E-state index contributed by atoms with van der Waals surface area (Å²) in [5, 5.41) is 13.7. The van der Waals surface area contributed by atoms with E-state index in [1.54, 1.807) is 30.3 Å². The van der Waals surface area contributed by atoms with E-state index >= 15 is 0 Å². The van der Waals surface area contributed by atoms with Gasteiger partial charge < -0.3 is 14.6 Å². The molecule has 6 heteroatoms. The van der Waals surface area contributed by atoms with E-state index in [1.807, 2.05) is 0 Å². The molecule has 0 spiro atoms. The molecule has 0 aliphatic rings. The van der Waals surface area contributed by atoms with Gasteiger partial charge in [-0.1, -0.05) is 36.4 Å². The molecule has 0 amide bonds. The van der Waals surface area contributed by atoms with Crippen LogP contribution in [0.1, 0.15) is 11.6 Å². The van der Waals surface area contributed by atoms with Crippen molar-refractivity contribution in [2.75, 3.05) is 7.11 Å². The van der Waals surface area contributed by atoms with Crippen molar-refractivity contribution in [1.29, 1.82) is 0 Å². The number of hydrogen-bond acceptors (Lipinski definition) is 5. The number of esters is 1. The quantitative estimate of drug-likeness (QED) is 0.335. The van der Waals surface area contributed by atoms with E-state index in [0.29, 0.717) is 5.56 Å². The Morgan fingerprint density at radius 1 is 1.37 bits per heavy atom. The van der Waals surface area contributed by atoms with Crippen LogP contribution in [0.5, 0.6) is 0 Å². The van der Waals surface area contributed by atoms with Crippen LogP contribution in [0.3, 0.4) is 0 Å². The molecule has 0 fully saturated rings. The average molecular weight is 271 g/mol. The Bertz CT molecular complexity index is 436. The molecule has 2 atom stereocenters. The second-order valence-corrected chi connectivity index (χ2v) is 3.57. The van der Waals surface area contributed by atoms with Gasteiger partial charge in [0, 0.05) is 0 Å². The van der Waals surface area contributed by atoms with E-state index in [1.165, 1.54) is 13.2 Å². The van der Waals surface area contributed by atoms with E-state index < -0.39 is 24.0 Å². The van der Waals surface area contributed by atoms with Crippen molar-refractivity contribution in [3.05, 3.63) is 48.6 Å². The normalized spacial score (nSPS) is 12.7. The van der Waals surface area contributed by atoms with Crippen LogP contribution >= 0.6 is 0 Å². The summed E-state index contributed by atoms with van der Waals surface area (Å²) < 4.78 is 4.53. The van der Waals surface area contributed by atoms with Crippen LogP contribution in [0.2, 0.25) is 0 Å². The Morgan fingerprint density at radius 3 is 2.37 bits per heavy atom. The first kappa shape index (κ1) is 17.9. The van der Waals surface area contributed by atoms with Crippen LogP contribution in [0.15, 0.2) is 43.0 Å². The molecule has 1 aromatic rings. The van der Waals surface area contributed by atoms with E-state index in [-0.39, 0.29) is 29.6 Å². The zero-order valence-corrected chi connectivity index (χ0v) is 13.0. The molecule has 1 aromatic carbocycles. The average Bonchev–Trinajstić information content (AvgIpc) is 2.39. The SMILES string of the molecule is C=CC(NC(C(=O)[O-])c1ccccc1)C(=O)OC.[Na+]. The molecule has 1 N–H and O–H groups in total. The number of carbonyl (C=O) groups excluding carboxylic acids is 2. The van der Waals surface area contributed by atoms with Gasteiger partial charge in [0.1, 0.15) is 6.04 Å². The summed E-state index contributed by atoms with van der Waals surface area (Å²) in [5.74, 6) is -1.93. The van der Waals surface area contributed by atoms with Crippen LogP contribution < -0.4 is 40.0 Å². The number of carboxylic acid groups (broad SMARTS) is 1. The van der Waals surface area contributed by atoms with E-state index in [2.05, 4.69) is 16.6 Å². The maximum atomic E-state index is 11.4. The molecular formula is C13H14NNaO4. The maximum absolute atomic E-state index is 11.4. The first-order valence-corrected chi connectivity index (χ1v) is 5.32. The second-order valence-electron chi connectivity index (χ2n) is 3.57. The summed E-state index contributed by atoms with van der Waals surface area (Å²) in [4.78, 5) is 22.5. The molecule has 0 saturated carbocycles. The van der Waals surface area contributed by atoms with E-state index in [0.717, 1.165) is 0 Å². The zero-order valence-electron chi connectivity index (χ0n) is 11.0. The van der Waals surface area contributed by atoms with Crippen LogP contribution in [-0.4, -0.2) is 25.1 Å². The number of benzene rings is 1. The van der Waals surface area contributed by atoms with Crippen molar-refractivity contribution in [3.8, 4) is 0 Å². The third-order valence-corrected chi connectivity index (χ3v) is 2.41. The van der Waals surface area contributed by atoms with Crippen molar-refractivity contribution in [2.24, 2.45) is 0 Å². The number of aliphatic carboxylic acids is 1. The third-order valence-electron chi connectivity index (χ3n) is 2.41. The summed E-state index contributed by atoms with van der Waals surface area (Å²) >= 11 is 0. The minimum atomic E-state index is -1.32. The fraction of sp³-hybridized carbons (Fsp3) is 0.231. The number of ether oxygens (including phenoxy) is 1. The Kier molecular flexibility index (Phi) is 8.34. The van der Waals surface area contributed by atoms with Gasteiger partial charge in [-0.25, -0.2) is 0 Å². The third kappa shape index (κ3) is 5.16. The van der Waals surface area contributed by atoms with Crippen LogP contribution in [0.4, 0.5) is 0 Å². The minimum Gasteiger partial charge on any atom is -0.548 e. The number of carboxylic acids is 1. The van der Waals surface area contributed by atoms with Crippen molar-refractivity contribution >= 4 is 11.9 Å². The summed E-state index contributed by atoms with van der Waals surface area (Å²) in [5.41, 5.74) is 0.494. The van der Waals surface area contributed by atoms with Crippen molar-refractivity contribution in [1.82, 2.24) is 5.32 Å². The van der Waals surface area contributed by atoms with Gasteiger partial charge in [-0.2, -0.15) is 0 Å². The van der Waals surface area contributed by atoms with Crippen LogP contribution in [0.25, 0.3) is 0 Å². The topological polar surface area (TPSA) is 78.5 Å². The van der Waals surface area contributed by atoms with Gasteiger partial charge in [-0.05, 0) is 5.56 Å². The van der Waals surface area contributed by atoms with Gasteiger partial charge in [-0.3, -0.25) is 10.1 Å². The molecule has 0 aliphatic heterocycles. The van der Waals surface area contributed by atoms with Crippen molar-refractivity contribution < 1.29 is 49.0 Å². The number of hydrogen-bond donors (Lipinski definition) is 1. The monoisotopic (exact) mass is 271 g/mol. The molecule has 0 saturated heterocycles. The molecule has 0 aliphatic carbocycles. The molecule has 96 valence electrons. The fourth-order valence-electron chi connectivity index (χ4n) is 1.48. The van der Waals surface area contributed by atoms with Crippen LogP contribution in [0, 0.1) is 0 Å². The number of rotatable bonds is 6. The van der Waals surface area contributed by atoms with Gasteiger partial charge in [-0.15, -0.1) is 6.58 Å². The zero-order chi connectivity index (χ0) is 13.5. The molecule has 0 radical (unpaired) electrons. The van der Waals surface area contributed by atoms with Gasteiger partial charge in [0.05, 0.1) is 19.1 Å². The molecule has 2 unspecified atom stereocenters. The minimum absolute atomic E-state index is 0. The summed E-state index contributed by atoms with van der Waals surface area (Å²) in [7, 11) is 1.22. The first-order chi connectivity index (χ1) is 8.60. The van der Waals surface area contributed by atoms with Gasteiger partial charge in [0.15, 0.2) is 0 Å². The molecule has 0 bridgehead atoms. The maximum Gasteiger partial charge on any atom is 1.00 e. The summed E-state index contributed by atoms with van der Waals surface area (Å²) in [6.45, 7) is 3.46. The molecule has 19 heavy (non-hydrogen) atoms. The number of methoxy groups -OCH3 is 1. The molecule has 5 nitrogen and oxygen atoms in total. The number of nitrogens with one attached hydrogen (secondary N) is 1. The Hall–Kier alpha value is -1.14. The molecule has 1 rings (SSSR count). The smallest absolute Gasteiger partial charge is 0.548 e. The largest absolute Gasteiger partial charge is 1.00 e. The second kappa shape index (κ2) is 8.87. The Balaban J connectivity index is 0.00000324. The van der Waals surface area contributed by atoms with Gasteiger partial charge in [0.2, 0.25) is 0 Å². The van der Waals surface area contributed by atoms with E-state index in [9.17, 15) is 14.7 Å². The predicted molar refractivity (Wildman–Crippen MR) is 63.3 cm³/mol. The van der Waals surface area contributed by atoms with Gasteiger partial charge in [0.25, 0.3) is 0 Å². The molecular weight excluding hydrogens is 257 g/mol. The van der Waals surface area contributed by atoms with Gasteiger partial charge >= 0.3 is 35.5 Å². The van der Waals surface area contributed by atoms with Crippen LogP contribution in [-0.2, 0) is 14.3 Å².